The molecule has 0 aliphatic heterocycles. The molecule has 0 fully saturated rings. The predicted octanol–water partition coefficient (Wildman–Crippen LogP) is 1.54. The molecule has 0 unspecified atom stereocenters. The summed E-state index contributed by atoms with van der Waals surface area (Å²) in [7, 11) is -1.60. The third kappa shape index (κ3) is 6.13. The Hall–Kier alpha value is -0.950. The Morgan fingerprint density at radius 3 is 2.33 bits per heavy atom. The van der Waals surface area contributed by atoms with E-state index in [1.807, 2.05) is 40.0 Å². The zero-order valence-corrected chi connectivity index (χ0v) is 14.1. The molecule has 1 aromatic rings. The van der Waals surface area contributed by atoms with Crippen LogP contribution in [0.15, 0.2) is 29.2 Å². The molecule has 0 aromatic heterocycles. The van der Waals surface area contributed by atoms with Crippen molar-refractivity contribution in [1.82, 2.24) is 10.0 Å². The fourth-order valence-electron chi connectivity index (χ4n) is 1.90. The van der Waals surface area contributed by atoms with Crippen LogP contribution in [0.4, 0.5) is 0 Å². The summed E-state index contributed by atoms with van der Waals surface area (Å²) in [5.41, 5.74) is 0.590. The van der Waals surface area contributed by atoms with Crippen LogP contribution in [0.25, 0.3) is 0 Å². The SMILES string of the molecule is CCOC(C)(C)CNS(=O)(=O)c1ccc(CCNC)cc1. The van der Waals surface area contributed by atoms with Gasteiger partial charge in [0.05, 0.1) is 10.5 Å². The molecule has 1 rings (SSSR count). The molecule has 120 valence electrons. The average molecular weight is 314 g/mol. The Bertz CT molecular complexity index is 524. The van der Waals surface area contributed by atoms with Crippen LogP contribution < -0.4 is 10.0 Å². The van der Waals surface area contributed by atoms with Crippen molar-refractivity contribution in [3.63, 3.8) is 0 Å². The van der Waals surface area contributed by atoms with Gasteiger partial charge >= 0.3 is 0 Å². The highest BCUT2D eigenvalue weighted by atomic mass is 32.2. The summed E-state index contributed by atoms with van der Waals surface area (Å²) in [6.45, 7) is 7.27. The van der Waals surface area contributed by atoms with Crippen molar-refractivity contribution in [2.45, 2.75) is 37.7 Å². The van der Waals surface area contributed by atoms with E-state index in [0.29, 0.717) is 6.61 Å². The number of sulfonamides is 1. The summed E-state index contributed by atoms with van der Waals surface area (Å²) in [5.74, 6) is 0. The summed E-state index contributed by atoms with van der Waals surface area (Å²) in [6.07, 6.45) is 0.877. The van der Waals surface area contributed by atoms with E-state index in [4.69, 9.17) is 4.74 Å². The summed E-state index contributed by atoms with van der Waals surface area (Å²) < 4.78 is 32.5. The zero-order chi connectivity index (χ0) is 15.9. The number of hydrogen-bond acceptors (Lipinski definition) is 4. The second kappa shape index (κ2) is 7.89. The first kappa shape index (κ1) is 18.1. The second-order valence-electron chi connectivity index (χ2n) is 5.51. The van der Waals surface area contributed by atoms with Gasteiger partial charge in [-0.3, -0.25) is 0 Å². The Labute approximate surface area is 128 Å². The number of nitrogens with one attached hydrogen (secondary N) is 2. The van der Waals surface area contributed by atoms with Crippen molar-refractivity contribution >= 4 is 10.0 Å². The first-order chi connectivity index (χ1) is 9.80. The Balaban J connectivity index is 2.70. The van der Waals surface area contributed by atoms with Crippen LogP contribution in [0.2, 0.25) is 0 Å². The average Bonchev–Trinajstić information content (AvgIpc) is 2.44. The first-order valence-corrected chi connectivity index (χ1v) is 8.66. The van der Waals surface area contributed by atoms with E-state index < -0.39 is 15.6 Å². The number of ether oxygens (including phenoxy) is 1. The second-order valence-corrected chi connectivity index (χ2v) is 7.28. The maximum absolute atomic E-state index is 12.2. The van der Waals surface area contributed by atoms with Crippen molar-refractivity contribution in [3.05, 3.63) is 29.8 Å². The van der Waals surface area contributed by atoms with E-state index in [1.165, 1.54) is 0 Å². The van der Waals surface area contributed by atoms with Gasteiger partial charge in [-0.2, -0.15) is 0 Å². The highest BCUT2D eigenvalue weighted by molar-refractivity contribution is 7.89. The summed E-state index contributed by atoms with van der Waals surface area (Å²) in [6, 6.07) is 6.97. The van der Waals surface area contributed by atoms with Crippen molar-refractivity contribution in [2.24, 2.45) is 0 Å². The van der Waals surface area contributed by atoms with Gasteiger partial charge in [0.25, 0.3) is 0 Å². The normalized spacial score (nSPS) is 12.6. The lowest BCUT2D eigenvalue weighted by Gasteiger charge is -2.24. The molecule has 1 aromatic carbocycles. The smallest absolute Gasteiger partial charge is 0.240 e. The molecule has 5 nitrogen and oxygen atoms in total. The fraction of sp³-hybridized carbons (Fsp3) is 0.600. The van der Waals surface area contributed by atoms with Crippen LogP contribution in [-0.2, 0) is 21.2 Å². The predicted molar refractivity (Wildman–Crippen MR) is 85.0 cm³/mol. The van der Waals surface area contributed by atoms with Crippen LogP contribution in [0.1, 0.15) is 26.3 Å². The van der Waals surface area contributed by atoms with Crippen molar-refractivity contribution < 1.29 is 13.2 Å². The molecule has 0 heterocycles. The van der Waals surface area contributed by atoms with Gasteiger partial charge in [-0.25, -0.2) is 13.1 Å². The van der Waals surface area contributed by atoms with Crippen LogP contribution in [0, 0.1) is 0 Å². The Morgan fingerprint density at radius 1 is 1.19 bits per heavy atom. The van der Waals surface area contributed by atoms with Crippen LogP contribution in [0.5, 0.6) is 0 Å². The molecule has 0 spiro atoms. The van der Waals surface area contributed by atoms with Crippen LogP contribution in [0.3, 0.4) is 0 Å². The molecule has 0 amide bonds. The van der Waals surface area contributed by atoms with Crippen molar-refractivity contribution in [2.75, 3.05) is 26.7 Å². The third-order valence-electron chi connectivity index (χ3n) is 3.12. The fourth-order valence-corrected chi connectivity index (χ4v) is 3.10. The van der Waals surface area contributed by atoms with Gasteiger partial charge in [-0.05, 0) is 58.5 Å². The lowest BCUT2D eigenvalue weighted by molar-refractivity contribution is -0.00515. The zero-order valence-electron chi connectivity index (χ0n) is 13.3. The quantitative estimate of drug-likeness (QED) is 0.725. The van der Waals surface area contributed by atoms with Gasteiger partial charge in [0.2, 0.25) is 10.0 Å². The third-order valence-corrected chi connectivity index (χ3v) is 4.54. The van der Waals surface area contributed by atoms with Gasteiger partial charge < -0.3 is 10.1 Å². The molecule has 0 aliphatic carbocycles. The lowest BCUT2D eigenvalue weighted by atomic mass is 10.1. The Kier molecular flexibility index (Phi) is 6.80. The van der Waals surface area contributed by atoms with Gasteiger partial charge in [0, 0.05) is 13.2 Å². The molecule has 21 heavy (non-hydrogen) atoms. The van der Waals surface area contributed by atoms with Crippen molar-refractivity contribution in [1.29, 1.82) is 0 Å². The Morgan fingerprint density at radius 2 is 1.81 bits per heavy atom. The minimum Gasteiger partial charge on any atom is -0.375 e. The van der Waals surface area contributed by atoms with Crippen LogP contribution in [-0.4, -0.2) is 40.8 Å². The number of benzene rings is 1. The topological polar surface area (TPSA) is 67.4 Å². The molecular formula is C15H26N2O3S. The maximum atomic E-state index is 12.2. The van der Waals surface area contributed by atoms with E-state index in [2.05, 4.69) is 10.0 Å². The van der Waals surface area contributed by atoms with E-state index in [0.717, 1.165) is 18.5 Å². The highest BCUT2D eigenvalue weighted by Gasteiger charge is 2.22. The van der Waals surface area contributed by atoms with Crippen molar-refractivity contribution in [3.8, 4) is 0 Å². The first-order valence-electron chi connectivity index (χ1n) is 7.18. The molecular weight excluding hydrogens is 288 g/mol. The largest absolute Gasteiger partial charge is 0.375 e. The minimum atomic E-state index is -3.49. The molecule has 6 heteroatoms. The van der Waals surface area contributed by atoms with E-state index in [1.54, 1.807) is 12.1 Å². The van der Waals surface area contributed by atoms with E-state index in [9.17, 15) is 8.42 Å². The highest BCUT2D eigenvalue weighted by Crippen LogP contribution is 2.13. The van der Waals surface area contributed by atoms with E-state index in [-0.39, 0.29) is 11.4 Å². The maximum Gasteiger partial charge on any atom is 0.240 e. The van der Waals surface area contributed by atoms with Gasteiger partial charge in [-0.1, -0.05) is 12.1 Å². The van der Waals surface area contributed by atoms with Gasteiger partial charge in [0.15, 0.2) is 0 Å². The summed E-state index contributed by atoms with van der Waals surface area (Å²) >= 11 is 0. The number of rotatable bonds is 9. The molecule has 2 N–H and O–H groups in total. The number of likely N-dealkylation sites (N-methyl/N-ethyl adjacent to an activating group) is 1. The summed E-state index contributed by atoms with van der Waals surface area (Å²) in [4.78, 5) is 0.281. The standard InChI is InChI=1S/C15H26N2O3S/c1-5-20-15(2,3)12-17-21(18,19)14-8-6-13(7-9-14)10-11-16-4/h6-9,16-17H,5,10-12H2,1-4H3. The molecule has 0 bridgehead atoms. The van der Waals surface area contributed by atoms with E-state index >= 15 is 0 Å². The molecule has 0 atom stereocenters. The van der Waals surface area contributed by atoms with Gasteiger partial charge in [0.1, 0.15) is 0 Å². The number of hydrogen-bond donors (Lipinski definition) is 2. The van der Waals surface area contributed by atoms with Crippen LogP contribution >= 0.6 is 0 Å². The lowest BCUT2D eigenvalue weighted by Crippen LogP contribution is -2.40. The molecule has 0 saturated heterocycles. The molecule has 0 aliphatic rings. The molecule has 0 saturated carbocycles. The monoisotopic (exact) mass is 314 g/mol. The summed E-state index contributed by atoms with van der Waals surface area (Å²) in [5, 5.41) is 3.07. The molecule has 0 radical (unpaired) electrons. The van der Waals surface area contributed by atoms with Gasteiger partial charge in [-0.15, -0.1) is 0 Å². The minimum absolute atomic E-state index is 0.241.